The molecule has 0 bridgehead atoms. The zero-order valence-corrected chi connectivity index (χ0v) is 11.1. The highest BCUT2D eigenvalue weighted by atomic mass is 16.5. The largest absolute Gasteiger partial charge is 0.419 e. The molecule has 1 saturated heterocycles. The molecular formula is C14H18N2O3. The van der Waals surface area contributed by atoms with Crippen LogP contribution in [0.4, 0.5) is 0 Å². The molecule has 2 aromatic rings. The molecule has 102 valence electrons. The normalized spacial score (nSPS) is 25.0. The van der Waals surface area contributed by atoms with E-state index >= 15 is 0 Å². The van der Waals surface area contributed by atoms with E-state index in [0.29, 0.717) is 18.1 Å². The van der Waals surface area contributed by atoms with Crippen molar-refractivity contribution in [1.82, 2.24) is 4.57 Å². The van der Waals surface area contributed by atoms with E-state index in [1.165, 1.54) is 4.57 Å². The number of nitrogens with zero attached hydrogens (tertiary/aromatic N) is 1. The van der Waals surface area contributed by atoms with Crippen molar-refractivity contribution in [3.8, 4) is 0 Å². The van der Waals surface area contributed by atoms with Gasteiger partial charge in [0, 0.05) is 19.0 Å². The van der Waals surface area contributed by atoms with Gasteiger partial charge in [0.2, 0.25) is 0 Å². The first-order chi connectivity index (χ1) is 9.06. The number of fused-ring (bicyclic) bond motifs is 1. The first kappa shape index (κ1) is 12.4. The Labute approximate surface area is 111 Å². The summed E-state index contributed by atoms with van der Waals surface area (Å²) in [5.41, 5.74) is 8.66. The number of nitrogens with two attached hydrogens (primary N) is 1. The molecular weight excluding hydrogens is 244 g/mol. The molecule has 1 aliphatic rings. The molecule has 5 heteroatoms. The third kappa shape index (κ3) is 2.09. The Morgan fingerprint density at radius 2 is 2.26 bits per heavy atom. The van der Waals surface area contributed by atoms with E-state index in [-0.39, 0.29) is 17.9 Å². The number of aromatic nitrogens is 1. The quantitative estimate of drug-likeness (QED) is 0.891. The van der Waals surface area contributed by atoms with E-state index < -0.39 is 0 Å². The summed E-state index contributed by atoms with van der Waals surface area (Å²) < 4.78 is 12.2. The summed E-state index contributed by atoms with van der Waals surface area (Å²) in [6.07, 6.45) is 1.24. The molecule has 1 fully saturated rings. The third-order valence-corrected chi connectivity index (χ3v) is 3.94. The standard InChI is InChI=1S/C14H18N2O3/c1-8-5-10(7-18-8)13(15)9-3-4-11-12(6-9)19-14(17)16(11)2/h3-4,6,8,10,13H,5,7,15H2,1-2H3. The summed E-state index contributed by atoms with van der Waals surface area (Å²) in [5, 5.41) is 0. The minimum atomic E-state index is -0.349. The molecule has 1 aliphatic heterocycles. The van der Waals surface area contributed by atoms with Crippen LogP contribution in [0.15, 0.2) is 27.4 Å². The van der Waals surface area contributed by atoms with Crippen LogP contribution in [0.5, 0.6) is 0 Å². The Morgan fingerprint density at radius 3 is 2.95 bits per heavy atom. The Bertz CT molecular complexity index is 658. The van der Waals surface area contributed by atoms with Crippen molar-refractivity contribution in [1.29, 1.82) is 0 Å². The van der Waals surface area contributed by atoms with Crippen molar-refractivity contribution in [2.75, 3.05) is 6.61 Å². The molecule has 0 aliphatic carbocycles. The topological polar surface area (TPSA) is 70.4 Å². The minimum absolute atomic E-state index is 0.0835. The summed E-state index contributed by atoms with van der Waals surface area (Å²) in [5.74, 6) is -0.0265. The van der Waals surface area contributed by atoms with Gasteiger partial charge in [-0.05, 0) is 31.0 Å². The van der Waals surface area contributed by atoms with Gasteiger partial charge in [-0.1, -0.05) is 6.07 Å². The van der Waals surface area contributed by atoms with Gasteiger partial charge in [-0.25, -0.2) is 4.79 Å². The summed E-state index contributed by atoms with van der Waals surface area (Å²) in [7, 11) is 1.69. The van der Waals surface area contributed by atoms with Gasteiger partial charge in [0.1, 0.15) is 0 Å². The SMILES string of the molecule is CC1CC(C(N)c2ccc3c(c2)oc(=O)n3C)CO1. The Kier molecular flexibility index (Phi) is 2.95. The highest BCUT2D eigenvalue weighted by Gasteiger charge is 2.28. The number of ether oxygens (including phenoxy) is 1. The molecule has 3 rings (SSSR count). The van der Waals surface area contributed by atoms with Crippen LogP contribution in [0.25, 0.3) is 11.1 Å². The maximum Gasteiger partial charge on any atom is 0.419 e. The van der Waals surface area contributed by atoms with Gasteiger partial charge in [0.25, 0.3) is 0 Å². The van der Waals surface area contributed by atoms with Gasteiger partial charge in [0.05, 0.1) is 18.2 Å². The van der Waals surface area contributed by atoms with E-state index in [4.69, 9.17) is 14.9 Å². The van der Waals surface area contributed by atoms with Crippen LogP contribution in [0.3, 0.4) is 0 Å². The predicted molar refractivity (Wildman–Crippen MR) is 71.9 cm³/mol. The predicted octanol–water partition coefficient (Wildman–Crippen LogP) is 1.56. The van der Waals surface area contributed by atoms with Crippen LogP contribution in [-0.2, 0) is 11.8 Å². The van der Waals surface area contributed by atoms with E-state index in [0.717, 1.165) is 17.5 Å². The number of oxazole rings is 1. The molecule has 0 spiro atoms. The van der Waals surface area contributed by atoms with E-state index in [1.807, 2.05) is 18.2 Å². The van der Waals surface area contributed by atoms with Crippen molar-refractivity contribution >= 4 is 11.1 Å². The molecule has 2 N–H and O–H groups in total. The maximum absolute atomic E-state index is 11.5. The fourth-order valence-electron chi connectivity index (χ4n) is 2.73. The molecule has 1 aromatic heterocycles. The van der Waals surface area contributed by atoms with Crippen molar-refractivity contribution in [2.24, 2.45) is 18.7 Å². The van der Waals surface area contributed by atoms with E-state index in [2.05, 4.69) is 6.92 Å². The van der Waals surface area contributed by atoms with Gasteiger partial charge < -0.3 is 14.9 Å². The summed E-state index contributed by atoms with van der Waals surface area (Å²) >= 11 is 0. The van der Waals surface area contributed by atoms with Crippen molar-refractivity contribution in [3.05, 3.63) is 34.3 Å². The highest BCUT2D eigenvalue weighted by Crippen LogP contribution is 2.31. The summed E-state index contributed by atoms with van der Waals surface area (Å²) in [6, 6.07) is 5.63. The first-order valence-electron chi connectivity index (χ1n) is 6.53. The Morgan fingerprint density at radius 1 is 1.47 bits per heavy atom. The fraction of sp³-hybridized carbons (Fsp3) is 0.500. The van der Waals surface area contributed by atoms with Crippen molar-refractivity contribution in [2.45, 2.75) is 25.5 Å². The van der Waals surface area contributed by atoms with Crippen LogP contribution in [-0.4, -0.2) is 17.3 Å². The summed E-state index contributed by atoms with van der Waals surface area (Å²) in [6.45, 7) is 2.76. The second-order valence-corrected chi connectivity index (χ2v) is 5.32. The molecule has 3 unspecified atom stereocenters. The van der Waals surface area contributed by atoms with Gasteiger partial charge in [-0.3, -0.25) is 4.57 Å². The smallest absolute Gasteiger partial charge is 0.408 e. The second kappa shape index (κ2) is 4.51. The van der Waals surface area contributed by atoms with Crippen molar-refractivity contribution in [3.63, 3.8) is 0 Å². The number of hydrogen-bond donors (Lipinski definition) is 1. The number of rotatable bonds is 2. The maximum atomic E-state index is 11.5. The number of benzene rings is 1. The van der Waals surface area contributed by atoms with Crippen LogP contribution < -0.4 is 11.5 Å². The Hall–Kier alpha value is -1.59. The van der Waals surface area contributed by atoms with Crippen LogP contribution in [0, 0.1) is 5.92 Å². The monoisotopic (exact) mass is 262 g/mol. The second-order valence-electron chi connectivity index (χ2n) is 5.32. The minimum Gasteiger partial charge on any atom is -0.408 e. The zero-order valence-electron chi connectivity index (χ0n) is 11.1. The van der Waals surface area contributed by atoms with Crippen LogP contribution in [0.2, 0.25) is 0 Å². The first-order valence-corrected chi connectivity index (χ1v) is 6.53. The zero-order chi connectivity index (χ0) is 13.6. The Balaban J connectivity index is 1.94. The van der Waals surface area contributed by atoms with E-state index in [9.17, 15) is 4.79 Å². The third-order valence-electron chi connectivity index (χ3n) is 3.94. The van der Waals surface area contributed by atoms with Gasteiger partial charge in [-0.2, -0.15) is 0 Å². The van der Waals surface area contributed by atoms with Crippen molar-refractivity contribution < 1.29 is 9.15 Å². The highest BCUT2D eigenvalue weighted by molar-refractivity contribution is 5.73. The molecule has 0 amide bonds. The van der Waals surface area contributed by atoms with Gasteiger partial charge >= 0.3 is 5.76 Å². The van der Waals surface area contributed by atoms with Gasteiger partial charge in [0.15, 0.2) is 5.58 Å². The fourth-order valence-corrected chi connectivity index (χ4v) is 2.73. The van der Waals surface area contributed by atoms with Crippen LogP contribution >= 0.6 is 0 Å². The number of hydrogen-bond acceptors (Lipinski definition) is 4. The lowest BCUT2D eigenvalue weighted by molar-refractivity contribution is 0.118. The number of aryl methyl sites for hydroxylation is 1. The lowest BCUT2D eigenvalue weighted by atomic mass is 9.92. The molecule has 2 heterocycles. The lowest BCUT2D eigenvalue weighted by Crippen LogP contribution is -2.21. The van der Waals surface area contributed by atoms with E-state index in [1.54, 1.807) is 7.05 Å². The summed E-state index contributed by atoms with van der Waals surface area (Å²) in [4.78, 5) is 11.5. The molecule has 19 heavy (non-hydrogen) atoms. The average Bonchev–Trinajstić information content (AvgIpc) is 2.94. The molecule has 5 nitrogen and oxygen atoms in total. The molecule has 0 saturated carbocycles. The molecule has 1 aromatic carbocycles. The molecule has 3 atom stereocenters. The van der Waals surface area contributed by atoms with Crippen LogP contribution in [0.1, 0.15) is 24.9 Å². The van der Waals surface area contributed by atoms with Gasteiger partial charge in [-0.15, -0.1) is 0 Å². The lowest BCUT2D eigenvalue weighted by Gasteiger charge is -2.17. The average molecular weight is 262 g/mol. The molecule has 0 radical (unpaired) electrons.